The third kappa shape index (κ3) is 6.89. The van der Waals surface area contributed by atoms with Gasteiger partial charge in [-0.2, -0.15) is 26.3 Å². The predicted molar refractivity (Wildman–Crippen MR) is 137 cm³/mol. The van der Waals surface area contributed by atoms with E-state index < -0.39 is 77.5 Å². The maximum absolute atomic E-state index is 13.6. The fourth-order valence-electron chi connectivity index (χ4n) is 6.27. The topological polar surface area (TPSA) is 94.5 Å². The van der Waals surface area contributed by atoms with Gasteiger partial charge in [0.25, 0.3) is 5.60 Å². The molecule has 2 bridgehead atoms. The number of aliphatic hydroxyl groups is 2. The van der Waals surface area contributed by atoms with Crippen LogP contribution in [0, 0.1) is 11.8 Å². The molecular formula is C28H44F6O7. The molecule has 0 aromatic rings. The van der Waals surface area contributed by atoms with Crippen LogP contribution in [0.2, 0.25) is 0 Å². The van der Waals surface area contributed by atoms with Crippen molar-refractivity contribution in [2.24, 2.45) is 11.8 Å². The van der Waals surface area contributed by atoms with Crippen LogP contribution in [0.5, 0.6) is 0 Å². The highest BCUT2D eigenvalue weighted by Crippen LogP contribution is 2.58. The molecule has 41 heavy (non-hydrogen) atoms. The van der Waals surface area contributed by atoms with Crippen molar-refractivity contribution in [2.45, 2.75) is 134 Å². The maximum Gasteiger partial charge on any atom is 0.428 e. The van der Waals surface area contributed by atoms with E-state index in [-0.39, 0.29) is 31.4 Å². The molecule has 2 aliphatic heterocycles. The molecule has 0 aromatic carbocycles. The number of rotatable bonds is 14. The van der Waals surface area contributed by atoms with Crippen LogP contribution in [0.15, 0.2) is 12.2 Å². The number of esters is 1. The van der Waals surface area contributed by atoms with Gasteiger partial charge in [-0.25, -0.2) is 4.79 Å². The Balaban J connectivity index is 2.64. The van der Waals surface area contributed by atoms with Crippen molar-refractivity contribution in [3.63, 3.8) is 0 Å². The molecule has 2 heterocycles. The van der Waals surface area contributed by atoms with Gasteiger partial charge in [0.15, 0.2) is 0 Å². The summed E-state index contributed by atoms with van der Waals surface area (Å²) in [5.41, 5.74) is -8.88. The molecule has 0 saturated carbocycles. The van der Waals surface area contributed by atoms with E-state index in [2.05, 4.69) is 6.58 Å². The number of fused-ring (bicyclic) bond motifs is 2. The molecule has 2 N–H and O–H groups in total. The van der Waals surface area contributed by atoms with E-state index in [1.54, 1.807) is 13.8 Å². The predicted octanol–water partition coefficient (Wildman–Crippen LogP) is 5.66. The van der Waals surface area contributed by atoms with Crippen LogP contribution in [0.4, 0.5) is 26.3 Å². The molecule has 7 nitrogen and oxygen atoms in total. The van der Waals surface area contributed by atoms with Crippen molar-refractivity contribution in [3.05, 3.63) is 12.2 Å². The number of hydrogen-bond acceptors (Lipinski definition) is 7. The Labute approximate surface area is 237 Å². The lowest BCUT2D eigenvalue weighted by atomic mass is 9.60. The Morgan fingerprint density at radius 1 is 0.854 bits per heavy atom. The van der Waals surface area contributed by atoms with Crippen LogP contribution in [0.3, 0.4) is 0 Å². The van der Waals surface area contributed by atoms with E-state index >= 15 is 0 Å². The zero-order chi connectivity index (χ0) is 31.8. The molecule has 0 spiro atoms. The number of carbonyl (C=O) groups excluding carboxylic acids is 1. The van der Waals surface area contributed by atoms with E-state index in [9.17, 15) is 41.4 Å². The summed E-state index contributed by atoms with van der Waals surface area (Å²) in [5, 5.41) is 20.3. The summed E-state index contributed by atoms with van der Waals surface area (Å²) < 4.78 is 105. The third-order valence-electron chi connectivity index (χ3n) is 8.74. The second kappa shape index (κ2) is 12.3. The zero-order valence-electron chi connectivity index (χ0n) is 24.7. The van der Waals surface area contributed by atoms with Crippen LogP contribution >= 0.6 is 0 Å². The van der Waals surface area contributed by atoms with Gasteiger partial charge >= 0.3 is 18.3 Å². The average Bonchev–Trinajstić information content (AvgIpc) is 3.43. The van der Waals surface area contributed by atoms with Gasteiger partial charge in [-0.15, -0.1) is 0 Å². The van der Waals surface area contributed by atoms with Crippen LogP contribution < -0.4 is 0 Å². The molecular weight excluding hydrogens is 562 g/mol. The van der Waals surface area contributed by atoms with Gasteiger partial charge in [0.05, 0.1) is 36.1 Å². The summed E-state index contributed by atoms with van der Waals surface area (Å²) in [4.78, 5) is 12.4. The van der Waals surface area contributed by atoms with Crippen molar-refractivity contribution in [3.8, 4) is 0 Å². The lowest BCUT2D eigenvalue weighted by molar-refractivity contribution is -0.385. The van der Waals surface area contributed by atoms with Crippen LogP contribution in [-0.4, -0.2) is 82.5 Å². The van der Waals surface area contributed by atoms with E-state index in [1.165, 1.54) is 20.8 Å². The highest BCUT2D eigenvalue weighted by molar-refractivity contribution is 5.87. The quantitative estimate of drug-likeness (QED) is 0.150. The molecule has 2 aliphatic rings. The largest absolute Gasteiger partial charge is 0.456 e. The summed E-state index contributed by atoms with van der Waals surface area (Å²) in [5.74, 6) is -2.17. The first-order chi connectivity index (χ1) is 18.6. The Morgan fingerprint density at radius 3 is 1.68 bits per heavy atom. The highest BCUT2D eigenvalue weighted by Gasteiger charge is 2.72. The first-order valence-electron chi connectivity index (χ1n) is 14.0. The van der Waals surface area contributed by atoms with Gasteiger partial charge in [-0.1, -0.05) is 34.3 Å². The SMILES string of the molecule is C=C(C)C(=O)OC1CC2OC1C(C(CC)(CC)OCC(C)(C)O)C2C(CC)(CC)OCC(O)(C(F)(F)F)C(F)(F)F. The van der Waals surface area contributed by atoms with Gasteiger partial charge in [0.1, 0.15) is 12.2 Å². The standard InChI is InChI=1S/C28H44F6O7/c1-9-24(10-2,39-15-26(37,27(29,30)31)28(32,33)34)19-17-13-18(41-22(35)16(5)6)21(40-17)20(19)25(11-3,12-4)38-14-23(7,8)36/h17-21,36-37H,5,9-15H2,1-4,6-8H3. The number of hydrogen-bond donors (Lipinski definition) is 2. The first kappa shape index (κ1) is 35.8. The Bertz CT molecular complexity index is 904. The molecule has 2 fully saturated rings. The van der Waals surface area contributed by atoms with Crippen molar-refractivity contribution in [2.75, 3.05) is 13.2 Å². The normalized spacial score (nSPS) is 26.0. The molecule has 0 aromatic heterocycles. The summed E-state index contributed by atoms with van der Waals surface area (Å²) in [7, 11) is 0. The molecule has 13 heteroatoms. The second-order valence-electron chi connectivity index (χ2n) is 11.9. The maximum atomic E-state index is 13.6. The minimum absolute atomic E-state index is 0.00569. The number of ether oxygens (including phenoxy) is 4. The van der Waals surface area contributed by atoms with E-state index in [0.29, 0.717) is 12.8 Å². The van der Waals surface area contributed by atoms with Crippen molar-refractivity contribution < 1.29 is 60.3 Å². The van der Waals surface area contributed by atoms with Crippen LogP contribution in [-0.2, 0) is 23.7 Å². The molecule has 0 amide bonds. The lowest BCUT2D eigenvalue weighted by Gasteiger charge is -2.52. The fraction of sp³-hybridized carbons (Fsp3) is 0.893. The van der Waals surface area contributed by atoms with E-state index in [0.717, 1.165) is 0 Å². The summed E-state index contributed by atoms with van der Waals surface area (Å²) >= 11 is 0. The monoisotopic (exact) mass is 606 g/mol. The van der Waals surface area contributed by atoms with Gasteiger partial charge in [0, 0.05) is 23.8 Å². The van der Waals surface area contributed by atoms with Crippen molar-refractivity contribution >= 4 is 5.97 Å². The first-order valence-corrected chi connectivity index (χ1v) is 14.0. The lowest BCUT2D eigenvalue weighted by Crippen LogP contribution is -2.63. The summed E-state index contributed by atoms with van der Waals surface area (Å²) in [6, 6.07) is 0. The number of carbonyl (C=O) groups is 1. The van der Waals surface area contributed by atoms with Crippen LogP contribution in [0.1, 0.15) is 80.6 Å². The second-order valence-corrected chi connectivity index (χ2v) is 11.9. The molecule has 2 saturated heterocycles. The molecule has 5 atom stereocenters. The Hall–Kier alpha value is -1.41. The third-order valence-corrected chi connectivity index (χ3v) is 8.74. The Morgan fingerprint density at radius 2 is 1.29 bits per heavy atom. The number of alkyl halides is 6. The van der Waals surface area contributed by atoms with Gasteiger partial charge in [-0.05, 0) is 46.5 Å². The van der Waals surface area contributed by atoms with Crippen molar-refractivity contribution in [1.29, 1.82) is 0 Å². The molecule has 240 valence electrons. The summed E-state index contributed by atoms with van der Waals surface area (Å²) in [6.07, 6.45) is -13.6. The number of halogens is 6. The van der Waals surface area contributed by atoms with Gasteiger partial charge in [0.2, 0.25) is 0 Å². The smallest absolute Gasteiger partial charge is 0.428 e. The molecule has 2 rings (SSSR count). The minimum atomic E-state index is -6.04. The highest BCUT2D eigenvalue weighted by atomic mass is 19.4. The van der Waals surface area contributed by atoms with Crippen molar-refractivity contribution in [1.82, 2.24) is 0 Å². The van der Waals surface area contributed by atoms with E-state index in [4.69, 9.17) is 18.9 Å². The van der Waals surface area contributed by atoms with Gasteiger partial charge < -0.3 is 29.2 Å². The zero-order valence-corrected chi connectivity index (χ0v) is 24.7. The average molecular weight is 607 g/mol. The molecule has 5 unspecified atom stereocenters. The fourth-order valence-corrected chi connectivity index (χ4v) is 6.27. The summed E-state index contributed by atoms with van der Waals surface area (Å²) in [6.45, 7) is 12.8. The molecule has 0 aliphatic carbocycles. The minimum Gasteiger partial charge on any atom is -0.456 e. The van der Waals surface area contributed by atoms with Crippen LogP contribution in [0.25, 0.3) is 0 Å². The van der Waals surface area contributed by atoms with Gasteiger partial charge in [-0.3, -0.25) is 0 Å². The van der Waals surface area contributed by atoms with E-state index in [1.807, 2.05) is 13.8 Å². The Kier molecular flexibility index (Phi) is 10.7. The molecule has 0 radical (unpaired) electrons.